The van der Waals surface area contributed by atoms with Crippen LogP contribution in [0.25, 0.3) is 11.0 Å². The first-order chi connectivity index (χ1) is 8.99. The van der Waals surface area contributed by atoms with Gasteiger partial charge in [0.15, 0.2) is 0 Å². The molecule has 1 aromatic carbocycles. The predicted molar refractivity (Wildman–Crippen MR) is 81.7 cm³/mol. The zero-order valence-electron chi connectivity index (χ0n) is 12.8. The van der Waals surface area contributed by atoms with Crippen molar-refractivity contribution >= 4 is 11.0 Å². The fourth-order valence-corrected chi connectivity index (χ4v) is 2.69. The number of benzene rings is 1. The molecule has 0 fully saturated rings. The molecule has 2 aromatic rings. The number of para-hydroxylation sites is 1. The van der Waals surface area contributed by atoms with Crippen molar-refractivity contribution in [2.45, 2.75) is 53.0 Å². The van der Waals surface area contributed by atoms with Crippen molar-refractivity contribution in [2.75, 3.05) is 6.54 Å². The molecule has 1 heterocycles. The van der Waals surface area contributed by atoms with Crippen LogP contribution in [0.2, 0.25) is 0 Å². The van der Waals surface area contributed by atoms with Crippen molar-refractivity contribution in [3.8, 4) is 0 Å². The SMILES string of the molecule is CCNCc1oc2c(CC)cccc2c1C(C)(C)C. The van der Waals surface area contributed by atoms with E-state index in [9.17, 15) is 0 Å². The number of hydrogen-bond acceptors (Lipinski definition) is 2. The molecule has 1 aromatic heterocycles. The third-order valence-electron chi connectivity index (χ3n) is 3.54. The summed E-state index contributed by atoms with van der Waals surface area (Å²) in [6.07, 6.45) is 1.01. The highest BCUT2D eigenvalue weighted by atomic mass is 16.3. The van der Waals surface area contributed by atoms with Gasteiger partial charge in [0, 0.05) is 10.9 Å². The molecular formula is C17H25NO. The van der Waals surface area contributed by atoms with Crippen molar-refractivity contribution in [1.82, 2.24) is 5.32 Å². The Morgan fingerprint density at radius 1 is 1.16 bits per heavy atom. The number of nitrogens with one attached hydrogen (secondary N) is 1. The lowest BCUT2D eigenvalue weighted by molar-refractivity contribution is 0.486. The van der Waals surface area contributed by atoms with Crippen molar-refractivity contribution in [3.63, 3.8) is 0 Å². The van der Waals surface area contributed by atoms with Crippen molar-refractivity contribution in [3.05, 3.63) is 35.1 Å². The molecule has 0 spiro atoms. The second-order valence-electron chi connectivity index (χ2n) is 6.08. The van der Waals surface area contributed by atoms with E-state index in [1.807, 2.05) is 0 Å². The van der Waals surface area contributed by atoms with E-state index in [0.717, 1.165) is 30.9 Å². The van der Waals surface area contributed by atoms with E-state index in [4.69, 9.17) is 4.42 Å². The van der Waals surface area contributed by atoms with Gasteiger partial charge in [-0.05, 0) is 23.9 Å². The Bertz CT molecular complexity index is 560. The van der Waals surface area contributed by atoms with Gasteiger partial charge in [-0.3, -0.25) is 0 Å². The van der Waals surface area contributed by atoms with E-state index in [1.54, 1.807) is 0 Å². The maximum absolute atomic E-state index is 6.19. The molecule has 0 aliphatic rings. The second kappa shape index (κ2) is 5.38. The Balaban J connectivity index is 2.66. The highest BCUT2D eigenvalue weighted by Gasteiger charge is 2.25. The summed E-state index contributed by atoms with van der Waals surface area (Å²) in [4.78, 5) is 0. The van der Waals surface area contributed by atoms with E-state index < -0.39 is 0 Å². The molecule has 2 nitrogen and oxygen atoms in total. The van der Waals surface area contributed by atoms with Crippen LogP contribution in [0, 0.1) is 0 Å². The summed E-state index contributed by atoms with van der Waals surface area (Å²) in [6, 6.07) is 6.49. The zero-order valence-corrected chi connectivity index (χ0v) is 12.8. The Hall–Kier alpha value is -1.28. The van der Waals surface area contributed by atoms with Gasteiger partial charge in [-0.15, -0.1) is 0 Å². The fraction of sp³-hybridized carbons (Fsp3) is 0.529. The van der Waals surface area contributed by atoms with Gasteiger partial charge in [0.1, 0.15) is 11.3 Å². The van der Waals surface area contributed by atoms with Gasteiger partial charge >= 0.3 is 0 Å². The maximum atomic E-state index is 6.19. The highest BCUT2D eigenvalue weighted by molar-refractivity contribution is 5.86. The van der Waals surface area contributed by atoms with E-state index in [0.29, 0.717) is 0 Å². The molecule has 0 saturated carbocycles. The zero-order chi connectivity index (χ0) is 14.0. The van der Waals surface area contributed by atoms with Gasteiger partial charge in [-0.25, -0.2) is 0 Å². The lowest BCUT2D eigenvalue weighted by atomic mass is 9.84. The summed E-state index contributed by atoms with van der Waals surface area (Å²) in [6.45, 7) is 12.8. The maximum Gasteiger partial charge on any atom is 0.137 e. The van der Waals surface area contributed by atoms with Gasteiger partial charge in [0.25, 0.3) is 0 Å². The first-order valence-electron chi connectivity index (χ1n) is 7.23. The van der Waals surface area contributed by atoms with Crippen LogP contribution in [0.3, 0.4) is 0 Å². The van der Waals surface area contributed by atoms with Crippen molar-refractivity contribution < 1.29 is 4.42 Å². The Morgan fingerprint density at radius 3 is 2.47 bits per heavy atom. The molecule has 2 rings (SSSR count). The third kappa shape index (κ3) is 2.69. The summed E-state index contributed by atoms with van der Waals surface area (Å²) in [5.74, 6) is 1.09. The number of hydrogen-bond donors (Lipinski definition) is 1. The van der Waals surface area contributed by atoms with Gasteiger partial charge in [0.2, 0.25) is 0 Å². The normalized spacial score (nSPS) is 12.3. The molecule has 0 bridgehead atoms. The Kier molecular flexibility index (Phi) is 4.00. The smallest absolute Gasteiger partial charge is 0.137 e. The molecule has 19 heavy (non-hydrogen) atoms. The van der Waals surface area contributed by atoms with E-state index >= 15 is 0 Å². The minimum Gasteiger partial charge on any atom is -0.459 e. The molecule has 0 radical (unpaired) electrons. The standard InChI is InChI=1S/C17H25NO/c1-6-12-9-8-10-13-15(17(3,4)5)14(11-18-7-2)19-16(12)13/h8-10,18H,6-7,11H2,1-5H3. The average molecular weight is 259 g/mol. The molecule has 0 aliphatic heterocycles. The lowest BCUT2D eigenvalue weighted by Crippen LogP contribution is -2.18. The van der Waals surface area contributed by atoms with Crippen LogP contribution < -0.4 is 5.32 Å². The molecule has 0 amide bonds. The molecular weight excluding hydrogens is 234 g/mol. The number of fused-ring (bicyclic) bond motifs is 1. The quantitative estimate of drug-likeness (QED) is 0.880. The number of rotatable bonds is 4. The summed E-state index contributed by atoms with van der Waals surface area (Å²) >= 11 is 0. The van der Waals surface area contributed by atoms with Gasteiger partial charge in [0.05, 0.1) is 6.54 Å². The van der Waals surface area contributed by atoms with Gasteiger partial charge in [-0.2, -0.15) is 0 Å². The summed E-state index contributed by atoms with van der Waals surface area (Å²) < 4.78 is 6.19. The minimum atomic E-state index is 0.0996. The summed E-state index contributed by atoms with van der Waals surface area (Å²) in [5, 5.41) is 4.66. The first-order valence-corrected chi connectivity index (χ1v) is 7.23. The first kappa shape index (κ1) is 14.1. The number of furan rings is 1. The second-order valence-corrected chi connectivity index (χ2v) is 6.08. The Labute approximate surface area is 116 Å². The van der Waals surface area contributed by atoms with Crippen LogP contribution in [0.1, 0.15) is 51.5 Å². The van der Waals surface area contributed by atoms with Crippen LogP contribution in [0.5, 0.6) is 0 Å². The molecule has 0 saturated heterocycles. The van der Waals surface area contributed by atoms with E-state index in [-0.39, 0.29) is 5.41 Å². The van der Waals surface area contributed by atoms with E-state index in [1.165, 1.54) is 16.5 Å². The summed E-state index contributed by atoms with van der Waals surface area (Å²) in [7, 11) is 0. The van der Waals surface area contributed by atoms with Crippen LogP contribution in [-0.2, 0) is 18.4 Å². The van der Waals surface area contributed by atoms with Crippen molar-refractivity contribution in [2.24, 2.45) is 0 Å². The number of aryl methyl sites for hydroxylation is 1. The molecule has 0 atom stereocenters. The Morgan fingerprint density at radius 2 is 1.89 bits per heavy atom. The van der Waals surface area contributed by atoms with Gasteiger partial charge in [-0.1, -0.05) is 52.8 Å². The summed E-state index contributed by atoms with van der Waals surface area (Å²) in [5.41, 5.74) is 3.81. The molecule has 0 aliphatic carbocycles. The molecule has 0 unspecified atom stereocenters. The monoisotopic (exact) mass is 259 g/mol. The van der Waals surface area contributed by atoms with Crippen LogP contribution in [0.15, 0.2) is 22.6 Å². The van der Waals surface area contributed by atoms with Crippen LogP contribution >= 0.6 is 0 Å². The topological polar surface area (TPSA) is 25.2 Å². The molecule has 104 valence electrons. The minimum absolute atomic E-state index is 0.0996. The highest BCUT2D eigenvalue weighted by Crippen LogP contribution is 2.37. The third-order valence-corrected chi connectivity index (χ3v) is 3.54. The van der Waals surface area contributed by atoms with E-state index in [2.05, 4.69) is 58.1 Å². The molecule has 1 N–H and O–H groups in total. The van der Waals surface area contributed by atoms with Crippen LogP contribution in [0.4, 0.5) is 0 Å². The average Bonchev–Trinajstić information content (AvgIpc) is 2.73. The van der Waals surface area contributed by atoms with Crippen LogP contribution in [-0.4, -0.2) is 6.54 Å². The van der Waals surface area contributed by atoms with Gasteiger partial charge < -0.3 is 9.73 Å². The fourth-order valence-electron chi connectivity index (χ4n) is 2.69. The molecule has 2 heteroatoms. The lowest BCUT2D eigenvalue weighted by Gasteiger charge is -2.19. The van der Waals surface area contributed by atoms with Crippen molar-refractivity contribution in [1.29, 1.82) is 0 Å². The largest absolute Gasteiger partial charge is 0.459 e. The predicted octanol–water partition coefficient (Wildman–Crippen LogP) is 4.40.